The van der Waals surface area contributed by atoms with Crippen LogP contribution < -0.4 is 0 Å². The molecule has 0 N–H and O–H groups in total. The highest BCUT2D eigenvalue weighted by Gasteiger charge is 2.35. The second-order valence-electron chi connectivity index (χ2n) is 5.93. The van der Waals surface area contributed by atoms with Crippen molar-refractivity contribution in [3.05, 3.63) is 87.4 Å². The number of imide groups is 1. The Morgan fingerprint density at radius 1 is 1.00 bits per heavy atom. The summed E-state index contributed by atoms with van der Waals surface area (Å²) in [5.74, 6) is 0.240. The van der Waals surface area contributed by atoms with Gasteiger partial charge in [-0.25, -0.2) is 0 Å². The number of benzene rings is 2. The van der Waals surface area contributed by atoms with Crippen LogP contribution in [0.2, 0.25) is 0 Å². The van der Waals surface area contributed by atoms with Gasteiger partial charge in [0.25, 0.3) is 11.1 Å². The molecule has 1 aromatic heterocycles. The maximum Gasteiger partial charge on any atom is 0.293 e. The van der Waals surface area contributed by atoms with Crippen molar-refractivity contribution in [3.8, 4) is 0 Å². The quantitative estimate of drug-likeness (QED) is 0.401. The molecule has 2 heterocycles. The van der Waals surface area contributed by atoms with Crippen LogP contribution in [0.5, 0.6) is 0 Å². The zero-order valence-electron chi connectivity index (χ0n) is 14.5. The highest BCUT2D eigenvalue weighted by molar-refractivity contribution is 9.10. The molecule has 1 aliphatic heterocycles. The standard InChI is InChI=1S/C21H14BrNO3S2/c22-17-9-5-4-6-14(17)13-23-20(24)18(28-21(23)25)12-15-10-11-19(26-15)27-16-7-2-1-3-8-16/h1-12H,13H2/b18-12+. The third-order valence-electron chi connectivity index (χ3n) is 4.00. The predicted molar refractivity (Wildman–Crippen MR) is 115 cm³/mol. The van der Waals surface area contributed by atoms with Gasteiger partial charge in [-0.1, -0.05) is 64.1 Å². The Balaban J connectivity index is 1.49. The third kappa shape index (κ3) is 4.27. The summed E-state index contributed by atoms with van der Waals surface area (Å²) < 4.78 is 6.66. The lowest BCUT2D eigenvalue weighted by Gasteiger charge is -2.13. The predicted octanol–water partition coefficient (Wildman–Crippen LogP) is 6.43. The second kappa shape index (κ2) is 8.43. The number of thioether (sulfide) groups is 1. The Hall–Kier alpha value is -2.22. The second-order valence-corrected chi connectivity index (χ2v) is 8.86. The van der Waals surface area contributed by atoms with E-state index in [1.807, 2.05) is 60.7 Å². The molecule has 28 heavy (non-hydrogen) atoms. The van der Waals surface area contributed by atoms with Crippen LogP contribution in [0, 0.1) is 0 Å². The SMILES string of the molecule is O=C1S/C(=C/c2ccc(Sc3ccccc3)o2)C(=O)N1Cc1ccccc1Br. The molecular weight excluding hydrogens is 458 g/mol. The Labute approximate surface area is 179 Å². The number of halogens is 1. The van der Waals surface area contributed by atoms with Crippen molar-refractivity contribution in [2.45, 2.75) is 16.5 Å². The average molecular weight is 472 g/mol. The van der Waals surface area contributed by atoms with Crippen LogP contribution >= 0.6 is 39.5 Å². The minimum atomic E-state index is -0.306. The number of nitrogens with zero attached hydrogens (tertiary/aromatic N) is 1. The van der Waals surface area contributed by atoms with Crippen molar-refractivity contribution in [1.29, 1.82) is 0 Å². The van der Waals surface area contributed by atoms with E-state index in [4.69, 9.17) is 4.42 Å². The molecule has 0 bridgehead atoms. The summed E-state index contributed by atoms with van der Waals surface area (Å²) in [6, 6.07) is 21.1. The van der Waals surface area contributed by atoms with Crippen LogP contribution in [0.4, 0.5) is 4.79 Å². The van der Waals surface area contributed by atoms with E-state index in [1.54, 1.807) is 12.1 Å². The van der Waals surface area contributed by atoms with Crippen molar-refractivity contribution in [1.82, 2.24) is 4.90 Å². The van der Waals surface area contributed by atoms with Gasteiger partial charge in [0.05, 0.1) is 11.4 Å². The number of furan rings is 1. The van der Waals surface area contributed by atoms with E-state index in [9.17, 15) is 9.59 Å². The summed E-state index contributed by atoms with van der Waals surface area (Å²) in [7, 11) is 0. The zero-order valence-corrected chi connectivity index (χ0v) is 17.7. The van der Waals surface area contributed by atoms with E-state index in [2.05, 4.69) is 15.9 Å². The van der Waals surface area contributed by atoms with E-state index in [0.29, 0.717) is 10.7 Å². The number of hydrogen-bond donors (Lipinski definition) is 0. The molecule has 2 amide bonds. The number of rotatable bonds is 5. The largest absolute Gasteiger partial charge is 0.450 e. The normalized spacial score (nSPS) is 15.6. The van der Waals surface area contributed by atoms with Gasteiger partial charge in [-0.3, -0.25) is 14.5 Å². The van der Waals surface area contributed by atoms with E-state index in [1.165, 1.54) is 16.7 Å². The van der Waals surface area contributed by atoms with Crippen LogP contribution in [0.3, 0.4) is 0 Å². The highest BCUT2D eigenvalue weighted by Crippen LogP contribution is 2.35. The summed E-state index contributed by atoms with van der Waals surface area (Å²) in [5.41, 5.74) is 0.880. The fourth-order valence-corrected chi connectivity index (χ4v) is 4.66. The summed E-state index contributed by atoms with van der Waals surface area (Å²) in [4.78, 5) is 27.7. The lowest BCUT2D eigenvalue weighted by Crippen LogP contribution is -2.27. The monoisotopic (exact) mass is 471 g/mol. The van der Waals surface area contributed by atoms with Crippen LogP contribution in [-0.2, 0) is 11.3 Å². The van der Waals surface area contributed by atoms with Crippen LogP contribution in [0.15, 0.2) is 90.5 Å². The van der Waals surface area contributed by atoms with Crippen LogP contribution in [0.1, 0.15) is 11.3 Å². The number of carbonyl (C=O) groups excluding carboxylic acids is 2. The maximum atomic E-state index is 12.7. The Bertz CT molecular complexity index is 1060. The molecule has 3 aromatic rings. The van der Waals surface area contributed by atoms with Gasteiger partial charge in [0.1, 0.15) is 5.76 Å². The van der Waals surface area contributed by atoms with Crippen molar-refractivity contribution >= 4 is 56.7 Å². The molecule has 0 atom stereocenters. The Morgan fingerprint density at radius 2 is 1.75 bits per heavy atom. The molecule has 4 nitrogen and oxygen atoms in total. The smallest absolute Gasteiger partial charge is 0.293 e. The molecule has 1 aliphatic rings. The molecular formula is C21H14BrNO3S2. The number of hydrogen-bond acceptors (Lipinski definition) is 5. The van der Waals surface area contributed by atoms with Gasteiger partial charge in [0.15, 0.2) is 5.09 Å². The minimum Gasteiger partial charge on any atom is -0.450 e. The first-order valence-electron chi connectivity index (χ1n) is 8.42. The molecule has 7 heteroatoms. The van der Waals surface area contributed by atoms with Gasteiger partial charge < -0.3 is 4.42 Å². The molecule has 1 fully saturated rings. The Morgan fingerprint density at radius 3 is 2.54 bits per heavy atom. The fourth-order valence-electron chi connectivity index (χ4n) is 2.63. The molecule has 1 saturated heterocycles. The first-order chi connectivity index (χ1) is 13.6. The van der Waals surface area contributed by atoms with Crippen molar-refractivity contribution in [2.24, 2.45) is 0 Å². The zero-order chi connectivity index (χ0) is 19.5. The van der Waals surface area contributed by atoms with Crippen molar-refractivity contribution in [2.75, 3.05) is 0 Å². The van der Waals surface area contributed by atoms with E-state index in [0.717, 1.165) is 31.8 Å². The molecule has 140 valence electrons. The summed E-state index contributed by atoms with van der Waals surface area (Å²) in [6.07, 6.45) is 1.62. The summed E-state index contributed by atoms with van der Waals surface area (Å²) in [5, 5.41) is 0.447. The molecule has 0 aliphatic carbocycles. The average Bonchev–Trinajstić information content (AvgIpc) is 3.23. The molecule has 4 rings (SSSR count). The lowest BCUT2D eigenvalue weighted by atomic mass is 10.2. The number of amides is 2. The van der Waals surface area contributed by atoms with Gasteiger partial charge >= 0.3 is 0 Å². The molecule has 0 spiro atoms. The molecule has 2 aromatic carbocycles. The van der Waals surface area contributed by atoms with Crippen LogP contribution in [-0.4, -0.2) is 16.0 Å². The van der Waals surface area contributed by atoms with Gasteiger partial charge in [0.2, 0.25) is 0 Å². The first-order valence-corrected chi connectivity index (χ1v) is 10.8. The molecule has 0 saturated carbocycles. The van der Waals surface area contributed by atoms with Gasteiger partial charge in [0, 0.05) is 15.4 Å². The van der Waals surface area contributed by atoms with Crippen LogP contribution in [0.25, 0.3) is 6.08 Å². The maximum absolute atomic E-state index is 12.7. The van der Waals surface area contributed by atoms with E-state index < -0.39 is 0 Å². The van der Waals surface area contributed by atoms with Crippen molar-refractivity contribution in [3.63, 3.8) is 0 Å². The van der Waals surface area contributed by atoms with Crippen molar-refractivity contribution < 1.29 is 14.0 Å². The fraction of sp³-hybridized carbons (Fsp3) is 0.0476. The first kappa shape index (κ1) is 19.1. The Kier molecular flexibility index (Phi) is 5.75. The topological polar surface area (TPSA) is 50.5 Å². The van der Waals surface area contributed by atoms with E-state index >= 15 is 0 Å². The third-order valence-corrected chi connectivity index (χ3v) is 6.61. The lowest BCUT2D eigenvalue weighted by molar-refractivity contribution is -0.123. The van der Waals surface area contributed by atoms with E-state index in [-0.39, 0.29) is 17.7 Å². The highest BCUT2D eigenvalue weighted by atomic mass is 79.9. The summed E-state index contributed by atoms with van der Waals surface area (Å²) in [6.45, 7) is 0.233. The van der Waals surface area contributed by atoms with Gasteiger partial charge in [-0.15, -0.1) is 0 Å². The molecule has 0 radical (unpaired) electrons. The molecule has 0 unspecified atom stereocenters. The van der Waals surface area contributed by atoms with Gasteiger partial charge in [-0.05, 0) is 47.7 Å². The minimum absolute atomic E-state index is 0.233. The number of carbonyl (C=O) groups is 2. The summed E-state index contributed by atoms with van der Waals surface area (Å²) >= 11 is 5.89. The van der Waals surface area contributed by atoms with Gasteiger partial charge in [-0.2, -0.15) is 0 Å².